The van der Waals surface area contributed by atoms with Gasteiger partial charge in [-0.2, -0.15) is 0 Å². The number of hydrogen-bond donors (Lipinski definition) is 0. The number of aromatic nitrogens is 4. The van der Waals surface area contributed by atoms with E-state index in [1.165, 1.54) is 0 Å². The Balaban J connectivity index is 2.01. The second-order valence-corrected chi connectivity index (χ2v) is 6.73. The number of nitrogens with zero attached hydrogens (tertiary/aromatic N) is 4. The molecule has 0 aliphatic heterocycles. The monoisotopic (exact) mass is 362 g/mol. The fourth-order valence-electron chi connectivity index (χ4n) is 3.37. The molecule has 5 heteroatoms. The molecular weight excluding hydrogens is 344 g/mol. The standard InChI is InChI=1S/C21H19ClN4/c1-4-15-11-17(13-26-21(15)25(3)14-23-26)19-9-6-10-24(2)20(19)16-7-5-8-18(22)12-16/h4-14H,1H2,2-3H3/q+2. The third kappa shape index (κ3) is 2.68. The summed E-state index contributed by atoms with van der Waals surface area (Å²) in [6.45, 7) is 3.97. The molecule has 0 radical (unpaired) electrons. The van der Waals surface area contributed by atoms with E-state index >= 15 is 0 Å². The summed E-state index contributed by atoms with van der Waals surface area (Å²) in [6, 6.07) is 14.2. The lowest BCUT2D eigenvalue weighted by molar-refractivity contribution is -0.660. The van der Waals surface area contributed by atoms with E-state index in [2.05, 4.69) is 34.4 Å². The van der Waals surface area contributed by atoms with Crippen LogP contribution in [0.5, 0.6) is 0 Å². The molecule has 128 valence electrons. The van der Waals surface area contributed by atoms with Gasteiger partial charge in [-0.3, -0.25) is 0 Å². The summed E-state index contributed by atoms with van der Waals surface area (Å²) in [5.41, 5.74) is 6.39. The van der Waals surface area contributed by atoms with E-state index in [0.29, 0.717) is 0 Å². The molecule has 4 aromatic rings. The Morgan fingerprint density at radius 3 is 2.69 bits per heavy atom. The zero-order chi connectivity index (χ0) is 18.3. The number of rotatable bonds is 3. The van der Waals surface area contributed by atoms with Gasteiger partial charge in [0.05, 0.1) is 18.2 Å². The van der Waals surface area contributed by atoms with E-state index in [0.717, 1.165) is 38.6 Å². The van der Waals surface area contributed by atoms with Crippen LogP contribution in [0.1, 0.15) is 5.56 Å². The predicted molar refractivity (Wildman–Crippen MR) is 104 cm³/mol. The Labute approximate surface area is 157 Å². The third-order valence-corrected chi connectivity index (χ3v) is 4.78. The quantitative estimate of drug-likeness (QED) is 0.511. The van der Waals surface area contributed by atoms with Crippen molar-refractivity contribution in [2.24, 2.45) is 14.1 Å². The van der Waals surface area contributed by atoms with Crippen molar-refractivity contribution in [2.45, 2.75) is 0 Å². The minimum atomic E-state index is 0.721. The van der Waals surface area contributed by atoms with Crippen LogP contribution in [0.2, 0.25) is 5.02 Å². The van der Waals surface area contributed by atoms with Crippen molar-refractivity contribution in [3.63, 3.8) is 0 Å². The van der Waals surface area contributed by atoms with Crippen molar-refractivity contribution in [3.8, 4) is 22.4 Å². The highest BCUT2D eigenvalue weighted by atomic mass is 35.5. The molecule has 0 aliphatic rings. The molecule has 1 aromatic carbocycles. The Bertz CT molecular complexity index is 1140. The largest absolute Gasteiger partial charge is 0.272 e. The Hall–Kier alpha value is -2.98. The summed E-state index contributed by atoms with van der Waals surface area (Å²) >= 11 is 6.23. The fourth-order valence-corrected chi connectivity index (χ4v) is 3.56. The van der Waals surface area contributed by atoms with Gasteiger partial charge in [0.25, 0.3) is 12.0 Å². The van der Waals surface area contributed by atoms with Crippen molar-refractivity contribution in [2.75, 3.05) is 0 Å². The SMILES string of the molecule is C=Cc1cc(-c2ccc[n+](C)c2-c2cccc(Cl)c2)cn2nc[n+](C)c12. The van der Waals surface area contributed by atoms with Crippen LogP contribution in [-0.2, 0) is 14.1 Å². The molecule has 0 saturated heterocycles. The van der Waals surface area contributed by atoms with Gasteiger partial charge < -0.3 is 0 Å². The summed E-state index contributed by atoms with van der Waals surface area (Å²) in [4.78, 5) is 0. The van der Waals surface area contributed by atoms with E-state index in [4.69, 9.17) is 11.6 Å². The van der Waals surface area contributed by atoms with Crippen molar-refractivity contribution in [1.82, 2.24) is 9.61 Å². The van der Waals surface area contributed by atoms with E-state index in [-0.39, 0.29) is 0 Å². The van der Waals surface area contributed by atoms with Crippen LogP contribution in [0.4, 0.5) is 0 Å². The molecule has 0 atom stereocenters. The normalized spacial score (nSPS) is 11.0. The summed E-state index contributed by atoms with van der Waals surface area (Å²) < 4.78 is 5.99. The van der Waals surface area contributed by atoms with E-state index < -0.39 is 0 Å². The van der Waals surface area contributed by atoms with Crippen molar-refractivity contribution in [1.29, 1.82) is 0 Å². The lowest BCUT2D eigenvalue weighted by Gasteiger charge is -2.08. The highest BCUT2D eigenvalue weighted by molar-refractivity contribution is 6.30. The van der Waals surface area contributed by atoms with Gasteiger partial charge in [-0.15, -0.1) is 0 Å². The molecular formula is C21H19ClN4+2. The van der Waals surface area contributed by atoms with Crippen LogP contribution >= 0.6 is 11.6 Å². The molecule has 3 aromatic heterocycles. The molecule has 0 spiro atoms. The van der Waals surface area contributed by atoms with Gasteiger partial charge in [-0.05, 0) is 30.3 Å². The molecule has 3 heterocycles. The first-order valence-electron chi connectivity index (χ1n) is 8.33. The molecule has 4 nitrogen and oxygen atoms in total. The highest BCUT2D eigenvalue weighted by Gasteiger charge is 2.21. The molecule has 4 rings (SSSR count). The van der Waals surface area contributed by atoms with E-state index in [1.807, 2.05) is 65.9 Å². The van der Waals surface area contributed by atoms with Crippen molar-refractivity contribution in [3.05, 3.63) is 78.4 Å². The molecule has 0 saturated carbocycles. The molecule has 0 aliphatic carbocycles. The van der Waals surface area contributed by atoms with Crippen LogP contribution in [-0.4, -0.2) is 9.61 Å². The van der Waals surface area contributed by atoms with Gasteiger partial charge in [0.2, 0.25) is 5.69 Å². The van der Waals surface area contributed by atoms with E-state index in [9.17, 15) is 0 Å². The zero-order valence-corrected chi connectivity index (χ0v) is 15.5. The summed E-state index contributed by atoms with van der Waals surface area (Å²) in [5, 5.41) is 5.18. The average Bonchev–Trinajstić information content (AvgIpc) is 3.02. The second-order valence-electron chi connectivity index (χ2n) is 6.29. The Kier molecular flexibility index (Phi) is 4.05. The Morgan fingerprint density at radius 2 is 1.92 bits per heavy atom. The molecule has 0 fully saturated rings. The van der Waals surface area contributed by atoms with Crippen LogP contribution < -0.4 is 9.13 Å². The lowest BCUT2D eigenvalue weighted by atomic mass is 9.99. The van der Waals surface area contributed by atoms with Crippen LogP contribution in [0.3, 0.4) is 0 Å². The second kappa shape index (κ2) is 6.39. The number of aryl methyl sites for hydroxylation is 2. The third-order valence-electron chi connectivity index (χ3n) is 4.54. The minimum Gasteiger partial charge on any atom is -0.233 e. The van der Waals surface area contributed by atoms with Gasteiger partial charge >= 0.3 is 0 Å². The average molecular weight is 363 g/mol. The highest BCUT2D eigenvalue weighted by Crippen LogP contribution is 2.31. The first-order chi connectivity index (χ1) is 12.6. The molecule has 0 N–H and O–H groups in total. The van der Waals surface area contributed by atoms with E-state index in [1.54, 1.807) is 6.33 Å². The molecule has 0 bridgehead atoms. The van der Waals surface area contributed by atoms with Crippen LogP contribution in [0.15, 0.2) is 67.8 Å². The maximum Gasteiger partial charge on any atom is 0.272 e. The molecule has 26 heavy (non-hydrogen) atoms. The maximum atomic E-state index is 6.23. The van der Waals surface area contributed by atoms with Crippen molar-refractivity contribution < 1.29 is 9.13 Å². The van der Waals surface area contributed by atoms with Gasteiger partial charge in [-0.25, -0.2) is 9.13 Å². The predicted octanol–water partition coefficient (Wildman–Crippen LogP) is 3.61. The smallest absolute Gasteiger partial charge is 0.233 e. The summed E-state index contributed by atoms with van der Waals surface area (Å²) in [7, 11) is 4.02. The van der Waals surface area contributed by atoms with Crippen LogP contribution in [0, 0.1) is 0 Å². The lowest BCUT2D eigenvalue weighted by Crippen LogP contribution is -2.31. The van der Waals surface area contributed by atoms with Crippen LogP contribution in [0.25, 0.3) is 34.1 Å². The number of pyridine rings is 2. The fraction of sp³-hybridized carbons (Fsp3) is 0.0952. The minimum absolute atomic E-state index is 0.721. The number of fused-ring (bicyclic) bond motifs is 1. The number of hydrogen-bond acceptors (Lipinski definition) is 1. The summed E-state index contributed by atoms with van der Waals surface area (Å²) in [6.07, 6.45) is 7.75. The first kappa shape index (κ1) is 16.5. The van der Waals surface area contributed by atoms with Gasteiger partial charge in [0.1, 0.15) is 13.2 Å². The maximum absolute atomic E-state index is 6.23. The van der Waals surface area contributed by atoms with Crippen molar-refractivity contribution >= 4 is 23.3 Å². The summed E-state index contributed by atoms with van der Waals surface area (Å²) in [5.74, 6) is 0. The van der Waals surface area contributed by atoms with Gasteiger partial charge in [0, 0.05) is 27.3 Å². The Morgan fingerprint density at radius 1 is 1.08 bits per heavy atom. The first-order valence-corrected chi connectivity index (χ1v) is 8.70. The van der Waals surface area contributed by atoms with Gasteiger partial charge in [0.15, 0.2) is 6.20 Å². The molecule has 0 amide bonds. The topological polar surface area (TPSA) is 25.1 Å². The zero-order valence-electron chi connectivity index (χ0n) is 14.7. The number of benzene rings is 1. The van der Waals surface area contributed by atoms with Gasteiger partial charge in [-0.1, -0.05) is 34.8 Å². The number of halogens is 1. The molecule has 0 unspecified atom stereocenters.